The van der Waals surface area contributed by atoms with Crippen LogP contribution in [0.25, 0.3) is 11.0 Å². The van der Waals surface area contributed by atoms with Crippen molar-refractivity contribution in [3.8, 4) is 0 Å². The predicted octanol–water partition coefficient (Wildman–Crippen LogP) is 2.54. The molecule has 96 valence electrons. The third-order valence-electron chi connectivity index (χ3n) is 3.50. The minimum atomic E-state index is -0.497. The molecule has 0 spiro atoms. The zero-order chi connectivity index (χ0) is 12.6. The molecule has 4 N–H and O–H groups in total. The van der Waals surface area contributed by atoms with Crippen molar-refractivity contribution >= 4 is 28.5 Å². The number of aromatic nitrogens is 2. The molecule has 1 fully saturated rings. The first-order valence-electron chi connectivity index (χ1n) is 6.25. The van der Waals surface area contributed by atoms with Crippen molar-refractivity contribution in [1.82, 2.24) is 9.97 Å². The number of thioether (sulfide) groups is 1. The Morgan fingerprint density at radius 1 is 1.39 bits per heavy atom. The molecule has 0 radical (unpaired) electrons. The Morgan fingerprint density at radius 2 is 2.17 bits per heavy atom. The molecule has 18 heavy (non-hydrogen) atoms. The Kier molecular flexibility index (Phi) is 2.95. The van der Waals surface area contributed by atoms with E-state index in [0.717, 1.165) is 47.6 Å². The van der Waals surface area contributed by atoms with Gasteiger partial charge in [-0.1, -0.05) is 24.6 Å². The van der Waals surface area contributed by atoms with E-state index in [1.54, 1.807) is 11.8 Å². The molecule has 1 aromatic carbocycles. The van der Waals surface area contributed by atoms with Crippen molar-refractivity contribution in [1.29, 1.82) is 0 Å². The molecular formula is C13H17N3OS. The van der Waals surface area contributed by atoms with Crippen LogP contribution in [-0.4, -0.2) is 26.4 Å². The van der Waals surface area contributed by atoms with Gasteiger partial charge in [-0.2, -0.15) is 0 Å². The van der Waals surface area contributed by atoms with Crippen LogP contribution >= 0.6 is 11.8 Å². The van der Waals surface area contributed by atoms with Crippen molar-refractivity contribution in [2.75, 3.05) is 11.5 Å². The highest BCUT2D eigenvalue weighted by Gasteiger charge is 2.31. The SMILES string of the molecule is Nc1ccc2nc(SCC3(O)CCCC3)[nH]c2c1. The average molecular weight is 263 g/mol. The number of nitrogens with one attached hydrogen (secondary N) is 1. The van der Waals surface area contributed by atoms with Crippen molar-refractivity contribution in [3.63, 3.8) is 0 Å². The van der Waals surface area contributed by atoms with E-state index in [1.807, 2.05) is 18.2 Å². The third kappa shape index (κ3) is 2.33. The summed E-state index contributed by atoms with van der Waals surface area (Å²) in [5.41, 5.74) is 7.85. The second-order valence-electron chi connectivity index (χ2n) is 5.04. The van der Waals surface area contributed by atoms with Gasteiger partial charge in [-0.3, -0.25) is 0 Å². The highest BCUT2D eigenvalue weighted by molar-refractivity contribution is 7.99. The molecular weight excluding hydrogens is 246 g/mol. The van der Waals surface area contributed by atoms with Crippen LogP contribution in [0.1, 0.15) is 25.7 Å². The van der Waals surface area contributed by atoms with Crippen LogP contribution in [-0.2, 0) is 0 Å². The molecule has 4 nitrogen and oxygen atoms in total. The Morgan fingerprint density at radius 3 is 2.94 bits per heavy atom. The first kappa shape index (κ1) is 11.9. The summed E-state index contributed by atoms with van der Waals surface area (Å²) in [5.74, 6) is 0.711. The van der Waals surface area contributed by atoms with Crippen LogP contribution in [0.5, 0.6) is 0 Å². The zero-order valence-electron chi connectivity index (χ0n) is 10.1. The van der Waals surface area contributed by atoms with E-state index in [4.69, 9.17) is 5.73 Å². The minimum absolute atomic E-state index is 0.497. The smallest absolute Gasteiger partial charge is 0.166 e. The summed E-state index contributed by atoms with van der Waals surface area (Å²) in [4.78, 5) is 7.72. The van der Waals surface area contributed by atoms with Gasteiger partial charge in [-0.25, -0.2) is 4.98 Å². The molecule has 1 aliphatic rings. The lowest BCUT2D eigenvalue weighted by Crippen LogP contribution is -2.27. The number of nitrogens with zero attached hydrogens (tertiary/aromatic N) is 1. The number of nitrogens with two attached hydrogens (primary N) is 1. The molecule has 1 heterocycles. The van der Waals surface area contributed by atoms with Gasteiger partial charge < -0.3 is 15.8 Å². The number of hydrogen-bond donors (Lipinski definition) is 3. The first-order chi connectivity index (χ1) is 8.65. The molecule has 0 aliphatic heterocycles. The number of benzene rings is 1. The lowest BCUT2D eigenvalue weighted by molar-refractivity contribution is 0.0732. The summed E-state index contributed by atoms with van der Waals surface area (Å²) in [6.45, 7) is 0. The maximum Gasteiger partial charge on any atom is 0.166 e. The van der Waals surface area contributed by atoms with E-state index in [9.17, 15) is 5.11 Å². The molecule has 5 heteroatoms. The number of imidazole rings is 1. The number of anilines is 1. The number of fused-ring (bicyclic) bond motifs is 1. The summed E-state index contributed by atoms with van der Waals surface area (Å²) >= 11 is 1.59. The van der Waals surface area contributed by atoms with Gasteiger partial charge in [0.2, 0.25) is 0 Å². The molecule has 0 bridgehead atoms. The van der Waals surface area contributed by atoms with Gasteiger partial charge in [0, 0.05) is 11.4 Å². The number of aromatic amines is 1. The van der Waals surface area contributed by atoms with E-state index in [-0.39, 0.29) is 0 Å². The van der Waals surface area contributed by atoms with E-state index >= 15 is 0 Å². The molecule has 1 aromatic heterocycles. The predicted molar refractivity (Wildman–Crippen MR) is 74.6 cm³/mol. The number of nitrogen functional groups attached to an aromatic ring is 1. The number of rotatable bonds is 3. The average Bonchev–Trinajstić information content (AvgIpc) is 2.93. The van der Waals surface area contributed by atoms with Crippen LogP contribution in [0.4, 0.5) is 5.69 Å². The van der Waals surface area contributed by atoms with E-state index in [0.29, 0.717) is 5.75 Å². The fraction of sp³-hybridized carbons (Fsp3) is 0.462. The van der Waals surface area contributed by atoms with Crippen LogP contribution in [0.2, 0.25) is 0 Å². The van der Waals surface area contributed by atoms with E-state index in [2.05, 4.69) is 9.97 Å². The van der Waals surface area contributed by atoms with Crippen molar-refractivity contribution < 1.29 is 5.11 Å². The Bertz CT molecular complexity index is 560. The van der Waals surface area contributed by atoms with Gasteiger partial charge in [-0.15, -0.1) is 0 Å². The Labute approximate surface area is 110 Å². The number of H-pyrrole nitrogens is 1. The highest BCUT2D eigenvalue weighted by atomic mass is 32.2. The second kappa shape index (κ2) is 4.48. The third-order valence-corrected chi connectivity index (χ3v) is 4.64. The minimum Gasteiger partial charge on any atom is -0.399 e. The highest BCUT2D eigenvalue weighted by Crippen LogP contribution is 2.34. The van der Waals surface area contributed by atoms with Crippen LogP contribution in [0.15, 0.2) is 23.4 Å². The van der Waals surface area contributed by atoms with E-state index < -0.39 is 5.60 Å². The van der Waals surface area contributed by atoms with Gasteiger partial charge in [0.25, 0.3) is 0 Å². The molecule has 0 saturated heterocycles. The molecule has 2 aromatic rings. The normalized spacial score (nSPS) is 18.5. The lowest BCUT2D eigenvalue weighted by atomic mass is 10.1. The molecule has 0 amide bonds. The topological polar surface area (TPSA) is 74.9 Å². The lowest BCUT2D eigenvalue weighted by Gasteiger charge is -2.20. The van der Waals surface area contributed by atoms with Gasteiger partial charge in [0.15, 0.2) is 5.16 Å². The zero-order valence-corrected chi connectivity index (χ0v) is 11.0. The fourth-order valence-electron chi connectivity index (χ4n) is 2.45. The van der Waals surface area contributed by atoms with Gasteiger partial charge in [0.1, 0.15) is 0 Å². The van der Waals surface area contributed by atoms with Crippen LogP contribution < -0.4 is 5.73 Å². The van der Waals surface area contributed by atoms with Crippen molar-refractivity contribution in [2.45, 2.75) is 36.4 Å². The standard InChI is InChI=1S/C13H17N3OS/c14-9-3-4-10-11(7-9)16-12(15-10)18-8-13(17)5-1-2-6-13/h3-4,7,17H,1-2,5-6,8,14H2,(H,15,16). The maximum atomic E-state index is 10.3. The van der Waals surface area contributed by atoms with Gasteiger partial charge in [-0.05, 0) is 31.0 Å². The fourth-order valence-corrected chi connectivity index (χ4v) is 3.49. The summed E-state index contributed by atoms with van der Waals surface area (Å²) in [6, 6.07) is 5.65. The maximum absolute atomic E-state index is 10.3. The Balaban J connectivity index is 1.74. The summed E-state index contributed by atoms with van der Waals surface area (Å²) < 4.78 is 0. The molecule has 0 atom stereocenters. The number of aliphatic hydroxyl groups is 1. The summed E-state index contributed by atoms with van der Waals surface area (Å²) in [7, 11) is 0. The molecule has 1 saturated carbocycles. The molecule has 0 unspecified atom stereocenters. The van der Waals surface area contributed by atoms with Gasteiger partial charge >= 0.3 is 0 Å². The summed E-state index contributed by atoms with van der Waals surface area (Å²) in [6.07, 6.45) is 4.09. The molecule has 1 aliphatic carbocycles. The van der Waals surface area contributed by atoms with Crippen LogP contribution in [0, 0.1) is 0 Å². The van der Waals surface area contributed by atoms with Crippen LogP contribution in [0.3, 0.4) is 0 Å². The van der Waals surface area contributed by atoms with Crippen molar-refractivity contribution in [2.24, 2.45) is 0 Å². The van der Waals surface area contributed by atoms with Crippen molar-refractivity contribution in [3.05, 3.63) is 18.2 Å². The second-order valence-corrected chi connectivity index (χ2v) is 6.00. The number of hydrogen-bond acceptors (Lipinski definition) is 4. The summed E-state index contributed by atoms with van der Waals surface area (Å²) in [5, 5.41) is 11.1. The van der Waals surface area contributed by atoms with Gasteiger partial charge in [0.05, 0.1) is 16.6 Å². The molecule has 3 rings (SSSR count). The largest absolute Gasteiger partial charge is 0.399 e. The Hall–Kier alpha value is -1.20. The quantitative estimate of drug-likeness (QED) is 0.587. The van der Waals surface area contributed by atoms with E-state index in [1.165, 1.54) is 0 Å². The monoisotopic (exact) mass is 263 g/mol. The first-order valence-corrected chi connectivity index (χ1v) is 7.24.